The van der Waals surface area contributed by atoms with E-state index in [1.807, 2.05) is 0 Å². The van der Waals surface area contributed by atoms with Gasteiger partial charge >= 0.3 is 0 Å². The van der Waals surface area contributed by atoms with Gasteiger partial charge in [-0.3, -0.25) is 9.21 Å². The number of rotatable bonds is 1. The number of hydrogen-bond acceptors (Lipinski definition) is 2. The number of nitrogens with zero attached hydrogens (tertiary/aromatic N) is 1. The van der Waals surface area contributed by atoms with Gasteiger partial charge in [0.2, 0.25) is 5.91 Å². The van der Waals surface area contributed by atoms with Gasteiger partial charge in [0, 0.05) is 18.3 Å². The average Bonchev–Trinajstić information content (AvgIpc) is 2.77. The molecule has 4 heteroatoms. The Labute approximate surface area is 136 Å². The molecule has 3 nitrogen and oxygen atoms in total. The van der Waals surface area contributed by atoms with Gasteiger partial charge in [-0.25, -0.2) is 0 Å². The molecule has 22 heavy (non-hydrogen) atoms. The molecule has 2 aliphatic carbocycles. The van der Waals surface area contributed by atoms with Gasteiger partial charge in [-0.2, -0.15) is 0 Å². The van der Waals surface area contributed by atoms with Gasteiger partial charge in [0.25, 0.3) is 0 Å². The van der Waals surface area contributed by atoms with Gasteiger partial charge in [-0.05, 0) is 66.7 Å². The van der Waals surface area contributed by atoms with Crippen LogP contribution in [0.4, 0.5) is 0 Å². The van der Waals surface area contributed by atoms with Crippen molar-refractivity contribution in [3.05, 3.63) is 29.3 Å². The predicted octanol–water partition coefficient (Wildman–Crippen LogP) is 3.75. The predicted molar refractivity (Wildman–Crippen MR) is 85.9 cm³/mol. The minimum Gasteiger partial charge on any atom is -0.497 e. The van der Waals surface area contributed by atoms with Crippen LogP contribution < -0.4 is 4.74 Å². The van der Waals surface area contributed by atoms with Crippen molar-refractivity contribution in [3.63, 3.8) is 0 Å². The van der Waals surface area contributed by atoms with Crippen molar-refractivity contribution in [2.24, 2.45) is 17.3 Å². The fourth-order valence-corrected chi connectivity index (χ4v) is 5.48. The second-order valence-corrected chi connectivity index (χ2v) is 7.69. The molecule has 3 aliphatic rings. The number of methoxy groups -OCH3 is 1. The van der Waals surface area contributed by atoms with E-state index in [0.29, 0.717) is 24.3 Å². The summed E-state index contributed by atoms with van der Waals surface area (Å²) in [4.78, 5) is 12.4. The Hall–Kier alpha value is -1.22. The summed E-state index contributed by atoms with van der Waals surface area (Å²) in [6.07, 6.45) is 4.28. The third-order valence-corrected chi connectivity index (χ3v) is 6.68. The van der Waals surface area contributed by atoms with Crippen LogP contribution in [0.3, 0.4) is 0 Å². The maximum absolute atomic E-state index is 12.4. The minimum absolute atomic E-state index is 0.137. The fraction of sp³-hybridized carbons (Fsp3) is 0.611. The number of halogens is 1. The molecular formula is C18H22ClNO2. The smallest absolute Gasteiger partial charge is 0.243 e. The zero-order valence-electron chi connectivity index (χ0n) is 13.1. The van der Waals surface area contributed by atoms with Gasteiger partial charge in [0.1, 0.15) is 5.75 Å². The molecule has 2 fully saturated rings. The second-order valence-electron chi connectivity index (χ2n) is 7.29. The Morgan fingerprint density at radius 1 is 1.36 bits per heavy atom. The number of aryl methyl sites for hydroxylation is 1. The number of ether oxygens (including phenoxy) is 1. The van der Waals surface area contributed by atoms with Crippen molar-refractivity contribution in [2.75, 3.05) is 13.7 Å². The van der Waals surface area contributed by atoms with E-state index in [1.165, 1.54) is 15.5 Å². The first-order valence-corrected chi connectivity index (χ1v) is 8.53. The molecule has 4 rings (SSSR count). The summed E-state index contributed by atoms with van der Waals surface area (Å²) in [5.74, 6) is 2.63. The van der Waals surface area contributed by atoms with E-state index in [2.05, 4.69) is 25.1 Å². The first-order valence-electron chi connectivity index (χ1n) is 8.19. The van der Waals surface area contributed by atoms with Crippen LogP contribution in [0.25, 0.3) is 0 Å². The van der Waals surface area contributed by atoms with Crippen molar-refractivity contribution >= 4 is 17.7 Å². The summed E-state index contributed by atoms with van der Waals surface area (Å²) < 4.78 is 6.80. The summed E-state index contributed by atoms with van der Waals surface area (Å²) in [6.45, 7) is 2.84. The van der Waals surface area contributed by atoms with Crippen LogP contribution in [0.2, 0.25) is 0 Å². The Morgan fingerprint density at radius 3 is 2.95 bits per heavy atom. The van der Waals surface area contributed by atoms with Crippen LogP contribution in [0.5, 0.6) is 5.75 Å². The van der Waals surface area contributed by atoms with E-state index in [4.69, 9.17) is 16.5 Å². The molecule has 1 amide bonds. The summed E-state index contributed by atoms with van der Waals surface area (Å²) in [6, 6.07) is 6.50. The summed E-state index contributed by atoms with van der Waals surface area (Å²) in [5.41, 5.74) is 2.66. The van der Waals surface area contributed by atoms with Crippen LogP contribution in [-0.4, -0.2) is 24.0 Å². The highest BCUT2D eigenvalue weighted by Crippen LogP contribution is 2.58. The Kier molecular flexibility index (Phi) is 3.19. The number of benzene rings is 1. The van der Waals surface area contributed by atoms with Crippen molar-refractivity contribution in [1.82, 2.24) is 4.42 Å². The largest absolute Gasteiger partial charge is 0.497 e. The number of fused-ring (bicyclic) bond motifs is 5. The molecule has 1 aromatic rings. The van der Waals surface area contributed by atoms with Crippen LogP contribution >= 0.6 is 11.8 Å². The van der Waals surface area contributed by atoms with Gasteiger partial charge in [-0.1, -0.05) is 13.0 Å². The average molecular weight is 320 g/mol. The van der Waals surface area contributed by atoms with Crippen LogP contribution in [0.1, 0.15) is 43.2 Å². The van der Waals surface area contributed by atoms with Crippen molar-refractivity contribution in [1.29, 1.82) is 0 Å². The number of carbonyl (C=O) groups excluding carboxylic acids is 1. The maximum Gasteiger partial charge on any atom is 0.243 e. The Balaban J connectivity index is 1.70. The van der Waals surface area contributed by atoms with Crippen molar-refractivity contribution in [2.45, 2.75) is 38.5 Å². The number of carbonyl (C=O) groups is 1. The molecule has 4 atom stereocenters. The standard InChI is InChI=1S/C18H22ClNO2/c1-18-8-7-14-13-6-4-12(22-2)9-11(13)3-5-15(14)16(18)10-20(19)17(18)21/h4,6,9,14-16H,3,5,7-8,10H2,1-2H3/t14?,15-,16?,18+/m1/s1. The summed E-state index contributed by atoms with van der Waals surface area (Å²) >= 11 is 6.17. The Morgan fingerprint density at radius 2 is 2.18 bits per heavy atom. The molecule has 1 saturated carbocycles. The minimum atomic E-state index is -0.243. The maximum atomic E-state index is 12.4. The molecule has 1 heterocycles. The van der Waals surface area contributed by atoms with Gasteiger partial charge in [-0.15, -0.1) is 0 Å². The molecule has 0 radical (unpaired) electrons. The lowest BCUT2D eigenvalue weighted by Crippen LogP contribution is -2.43. The summed E-state index contributed by atoms with van der Waals surface area (Å²) in [7, 11) is 1.72. The van der Waals surface area contributed by atoms with E-state index in [-0.39, 0.29) is 11.3 Å². The van der Waals surface area contributed by atoms with E-state index in [0.717, 1.165) is 31.4 Å². The fourth-order valence-electron chi connectivity index (χ4n) is 5.14. The molecule has 0 aromatic heterocycles. The topological polar surface area (TPSA) is 29.5 Å². The van der Waals surface area contributed by atoms with E-state index >= 15 is 0 Å². The zero-order chi connectivity index (χ0) is 15.5. The van der Waals surface area contributed by atoms with Gasteiger partial charge < -0.3 is 4.74 Å². The Bertz CT molecular complexity index is 632. The van der Waals surface area contributed by atoms with Gasteiger partial charge in [0.05, 0.1) is 12.5 Å². The van der Waals surface area contributed by atoms with Crippen LogP contribution in [-0.2, 0) is 11.2 Å². The quantitative estimate of drug-likeness (QED) is 0.738. The van der Waals surface area contributed by atoms with E-state index in [1.54, 1.807) is 7.11 Å². The first-order chi connectivity index (χ1) is 10.5. The molecule has 1 saturated heterocycles. The van der Waals surface area contributed by atoms with E-state index in [9.17, 15) is 4.79 Å². The monoisotopic (exact) mass is 319 g/mol. The lowest BCUT2D eigenvalue weighted by atomic mass is 9.55. The van der Waals surface area contributed by atoms with E-state index < -0.39 is 0 Å². The molecule has 0 spiro atoms. The lowest BCUT2D eigenvalue weighted by molar-refractivity contribution is -0.134. The summed E-state index contributed by atoms with van der Waals surface area (Å²) in [5, 5.41) is 0. The van der Waals surface area contributed by atoms with Crippen molar-refractivity contribution in [3.8, 4) is 5.75 Å². The third kappa shape index (κ3) is 1.84. The number of amides is 1. The highest BCUT2D eigenvalue weighted by Gasteiger charge is 2.57. The molecule has 1 aromatic carbocycles. The molecule has 1 aliphatic heterocycles. The highest BCUT2D eigenvalue weighted by molar-refractivity contribution is 6.22. The SMILES string of the molecule is COc1ccc2c(c1)CC[C@@H]1C2CC[C@]2(C)C(=O)N(Cl)CC12. The third-order valence-electron chi connectivity index (χ3n) is 6.39. The lowest BCUT2D eigenvalue weighted by Gasteiger charge is -2.47. The highest BCUT2D eigenvalue weighted by atomic mass is 35.5. The van der Waals surface area contributed by atoms with Crippen LogP contribution in [0.15, 0.2) is 18.2 Å². The molecular weight excluding hydrogens is 298 g/mol. The zero-order valence-corrected chi connectivity index (χ0v) is 13.9. The van der Waals surface area contributed by atoms with Crippen LogP contribution in [0, 0.1) is 17.3 Å². The molecule has 0 bridgehead atoms. The second kappa shape index (κ2) is 4.89. The normalized spacial score (nSPS) is 36.6. The molecule has 2 unspecified atom stereocenters. The van der Waals surface area contributed by atoms with Gasteiger partial charge in [0.15, 0.2) is 0 Å². The first kappa shape index (κ1) is 14.4. The number of hydrogen-bond donors (Lipinski definition) is 0. The van der Waals surface area contributed by atoms with Crippen molar-refractivity contribution < 1.29 is 9.53 Å². The molecule has 0 N–H and O–H groups in total. The molecule has 118 valence electrons.